The topological polar surface area (TPSA) is 32.6 Å². The lowest BCUT2D eigenvalue weighted by atomic mass is 9.97. The van der Waals surface area contributed by atoms with Gasteiger partial charge < -0.3 is 5.11 Å². The number of aliphatic imine (C=N–C) groups is 1. The SMILES string of the molecule is Cc1c(F)cccc1C(O)C1=CN=CC1. The highest BCUT2D eigenvalue weighted by Crippen LogP contribution is 2.28. The van der Waals surface area contributed by atoms with Crippen molar-refractivity contribution in [3.05, 3.63) is 46.9 Å². The van der Waals surface area contributed by atoms with Crippen LogP contribution in [0.25, 0.3) is 0 Å². The van der Waals surface area contributed by atoms with Crippen LogP contribution in [0.1, 0.15) is 23.7 Å². The first kappa shape index (κ1) is 10.1. The molecule has 1 heterocycles. The molecule has 0 saturated heterocycles. The van der Waals surface area contributed by atoms with Crippen molar-refractivity contribution in [1.82, 2.24) is 0 Å². The number of hydrogen-bond acceptors (Lipinski definition) is 2. The first-order chi connectivity index (χ1) is 7.20. The number of nitrogens with zero attached hydrogens (tertiary/aromatic N) is 1. The van der Waals surface area contributed by atoms with Crippen LogP contribution in [-0.4, -0.2) is 11.3 Å². The Balaban J connectivity index is 2.33. The number of benzene rings is 1. The van der Waals surface area contributed by atoms with Gasteiger partial charge in [0.15, 0.2) is 0 Å². The molecule has 0 aliphatic carbocycles. The Bertz CT molecular complexity index is 437. The summed E-state index contributed by atoms with van der Waals surface area (Å²) in [6.45, 7) is 1.67. The van der Waals surface area contributed by atoms with Gasteiger partial charge in [-0.2, -0.15) is 0 Å². The Hall–Kier alpha value is -1.48. The Morgan fingerprint density at radius 3 is 2.93 bits per heavy atom. The summed E-state index contributed by atoms with van der Waals surface area (Å²) in [5, 5.41) is 10.0. The Labute approximate surface area is 87.8 Å². The fraction of sp³-hybridized carbons (Fsp3) is 0.250. The van der Waals surface area contributed by atoms with Crippen molar-refractivity contribution < 1.29 is 9.50 Å². The van der Waals surface area contributed by atoms with Gasteiger partial charge in [-0.15, -0.1) is 0 Å². The molecule has 0 amide bonds. The molecule has 1 atom stereocenters. The summed E-state index contributed by atoms with van der Waals surface area (Å²) in [7, 11) is 0. The fourth-order valence-electron chi connectivity index (χ4n) is 1.66. The molecular weight excluding hydrogens is 193 g/mol. The van der Waals surface area contributed by atoms with Crippen LogP contribution < -0.4 is 0 Å². The van der Waals surface area contributed by atoms with Gasteiger partial charge in [-0.05, 0) is 29.7 Å². The third-order valence-corrected chi connectivity index (χ3v) is 2.63. The summed E-state index contributed by atoms with van der Waals surface area (Å²) < 4.78 is 13.3. The van der Waals surface area contributed by atoms with Crippen molar-refractivity contribution >= 4 is 6.21 Å². The van der Waals surface area contributed by atoms with E-state index in [2.05, 4.69) is 4.99 Å². The van der Waals surface area contributed by atoms with Crippen molar-refractivity contribution in [2.45, 2.75) is 19.4 Å². The quantitative estimate of drug-likeness (QED) is 0.790. The highest BCUT2D eigenvalue weighted by Gasteiger charge is 2.17. The monoisotopic (exact) mass is 205 g/mol. The van der Waals surface area contributed by atoms with Crippen molar-refractivity contribution in [1.29, 1.82) is 0 Å². The minimum Gasteiger partial charge on any atom is -0.384 e. The zero-order valence-corrected chi connectivity index (χ0v) is 8.44. The summed E-state index contributed by atoms with van der Waals surface area (Å²) in [5.74, 6) is -0.286. The summed E-state index contributed by atoms with van der Waals surface area (Å²) in [6.07, 6.45) is 3.25. The second kappa shape index (κ2) is 3.95. The largest absolute Gasteiger partial charge is 0.384 e. The molecule has 0 saturated carbocycles. The Kier molecular flexibility index (Phi) is 2.64. The molecular formula is C12H12FNO. The van der Waals surface area contributed by atoms with E-state index in [-0.39, 0.29) is 5.82 Å². The second-order valence-corrected chi connectivity index (χ2v) is 3.60. The predicted octanol–water partition coefficient (Wildman–Crippen LogP) is 2.53. The van der Waals surface area contributed by atoms with Gasteiger partial charge in [-0.3, -0.25) is 4.99 Å². The third-order valence-electron chi connectivity index (χ3n) is 2.63. The lowest BCUT2D eigenvalue weighted by molar-refractivity contribution is 0.213. The van der Waals surface area contributed by atoms with Crippen LogP contribution in [0.4, 0.5) is 4.39 Å². The molecule has 2 rings (SSSR count). The van der Waals surface area contributed by atoms with E-state index in [4.69, 9.17) is 0 Å². The van der Waals surface area contributed by atoms with Crippen molar-refractivity contribution in [3.8, 4) is 0 Å². The van der Waals surface area contributed by atoms with Crippen LogP contribution in [0.15, 0.2) is 35.0 Å². The van der Waals surface area contributed by atoms with E-state index in [0.29, 0.717) is 17.5 Å². The standard InChI is InChI=1S/C12H12FNO/c1-8-10(3-2-4-11(8)13)12(15)9-5-6-14-7-9/h2-4,6-7,12,15H,5H2,1H3. The minimum absolute atomic E-state index is 0.286. The third kappa shape index (κ3) is 1.83. The van der Waals surface area contributed by atoms with E-state index in [0.717, 1.165) is 5.57 Å². The summed E-state index contributed by atoms with van der Waals surface area (Å²) in [4.78, 5) is 3.92. The van der Waals surface area contributed by atoms with Gasteiger partial charge in [0.2, 0.25) is 0 Å². The van der Waals surface area contributed by atoms with Crippen LogP contribution in [0.5, 0.6) is 0 Å². The molecule has 3 heteroatoms. The highest BCUT2D eigenvalue weighted by molar-refractivity contribution is 5.66. The average Bonchev–Trinajstić information content (AvgIpc) is 2.74. The van der Waals surface area contributed by atoms with Crippen molar-refractivity contribution in [2.75, 3.05) is 0 Å². The molecule has 2 nitrogen and oxygen atoms in total. The van der Waals surface area contributed by atoms with Crippen LogP contribution in [0.2, 0.25) is 0 Å². The maximum atomic E-state index is 13.3. The first-order valence-corrected chi connectivity index (χ1v) is 4.84. The van der Waals surface area contributed by atoms with Gasteiger partial charge >= 0.3 is 0 Å². The predicted molar refractivity (Wildman–Crippen MR) is 57.3 cm³/mol. The first-order valence-electron chi connectivity index (χ1n) is 4.84. The van der Waals surface area contributed by atoms with Gasteiger partial charge in [0, 0.05) is 18.8 Å². The van der Waals surface area contributed by atoms with Crippen LogP contribution in [0, 0.1) is 12.7 Å². The summed E-state index contributed by atoms with van der Waals surface area (Å²) >= 11 is 0. The van der Waals surface area contributed by atoms with E-state index in [1.165, 1.54) is 6.07 Å². The number of aliphatic hydroxyl groups excluding tert-OH is 1. The van der Waals surface area contributed by atoms with E-state index in [1.807, 2.05) is 0 Å². The van der Waals surface area contributed by atoms with Crippen LogP contribution >= 0.6 is 0 Å². The van der Waals surface area contributed by atoms with Crippen LogP contribution in [0.3, 0.4) is 0 Å². The summed E-state index contributed by atoms with van der Waals surface area (Å²) in [5.41, 5.74) is 1.92. The number of hydrogen-bond donors (Lipinski definition) is 1. The molecule has 1 N–H and O–H groups in total. The average molecular weight is 205 g/mol. The molecule has 0 bridgehead atoms. The van der Waals surface area contributed by atoms with E-state index in [1.54, 1.807) is 31.5 Å². The highest BCUT2D eigenvalue weighted by atomic mass is 19.1. The zero-order valence-electron chi connectivity index (χ0n) is 8.44. The smallest absolute Gasteiger partial charge is 0.126 e. The molecule has 1 aromatic carbocycles. The molecule has 78 valence electrons. The zero-order chi connectivity index (χ0) is 10.8. The number of halogens is 1. The van der Waals surface area contributed by atoms with Crippen LogP contribution in [-0.2, 0) is 0 Å². The Morgan fingerprint density at radius 1 is 1.47 bits per heavy atom. The molecule has 1 aliphatic heterocycles. The number of rotatable bonds is 2. The van der Waals surface area contributed by atoms with Gasteiger partial charge in [-0.25, -0.2) is 4.39 Å². The lowest BCUT2D eigenvalue weighted by Gasteiger charge is -2.14. The molecule has 1 aromatic rings. The van der Waals surface area contributed by atoms with E-state index < -0.39 is 6.10 Å². The maximum absolute atomic E-state index is 13.3. The molecule has 0 aromatic heterocycles. The van der Waals surface area contributed by atoms with Gasteiger partial charge in [0.25, 0.3) is 0 Å². The normalized spacial score (nSPS) is 16.6. The van der Waals surface area contributed by atoms with Gasteiger partial charge in [0.1, 0.15) is 11.9 Å². The van der Waals surface area contributed by atoms with E-state index in [9.17, 15) is 9.50 Å². The molecule has 0 radical (unpaired) electrons. The molecule has 1 aliphatic rings. The number of aliphatic hydroxyl groups is 1. The molecule has 15 heavy (non-hydrogen) atoms. The molecule has 0 fully saturated rings. The maximum Gasteiger partial charge on any atom is 0.126 e. The molecule has 0 spiro atoms. The molecule has 1 unspecified atom stereocenters. The van der Waals surface area contributed by atoms with E-state index >= 15 is 0 Å². The minimum atomic E-state index is -0.747. The van der Waals surface area contributed by atoms with Crippen molar-refractivity contribution in [3.63, 3.8) is 0 Å². The lowest BCUT2D eigenvalue weighted by Crippen LogP contribution is -2.04. The second-order valence-electron chi connectivity index (χ2n) is 3.60. The fourth-order valence-corrected chi connectivity index (χ4v) is 1.66. The Morgan fingerprint density at radius 2 is 2.27 bits per heavy atom. The van der Waals surface area contributed by atoms with Gasteiger partial charge in [0.05, 0.1) is 0 Å². The summed E-state index contributed by atoms with van der Waals surface area (Å²) in [6, 6.07) is 4.74. The van der Waals surface area contributed by atoms with Gasteiger partial charge in [-0.1, -0.05) is 12.1 Å². The van der Waals surface area contributed by atoms with Crippen molar-refractivity contribution in [2.24, 2.45) is 4.99 Å².